The van der Waals surface area contributed by atoms with Crippen molar-refractivity contribution in [3.8, 4) is 5.75 Å². The van der Waals surface area contributed by atoms with Crippen molar-refractivity contribution in [3.63, 3.8) is 0 Å². The fourth-order valence-electron chi connectivity index (χ4n) is 5.16. The number of ether oxygens (including phenoxy) is 1. The molecular formula is C33H34BO3. The molecule has 4 rings (SSSR count). The lowest BCUT2D eigenvalue weighted by molar-refractivity contribution is 0.0698. The molecule has 1 heterocycles. The van der Waals surface area contributed by atoms with Gasteiger partial charge < -0.3 is 9.84 Å². The number of hydrogen-bond donors (Lipinski definition) is 1. The number of fused-ring (bicyclic) bond motifs is 1. The summed E-state index contributed by atoms with van der Waals surface area (Å²) in [6, 6.07) is 19.9. The standard InChI is InChI=1S/C33H34BO3/c1-7-13-26-22(5)31(24(8-2)25-15-10-9-14-21(25)4)37-32-28(18-20(3)19-29(26)32)23(6)34-30-17-12-11-16-27(30)33(35)36/h8-19,23H,7H2,1-6H3,(H,35,36)/b24-8+,26-13-. The van der Waals surface area contributed by atoms with Crippen LogP contribution < -0.4 is 10.2 Å². The van der Waals surface area contributed by atoms with Gasteiger partial charge in [0.05, 0.1) is 5.56 Å². The molecule has 0 bridgehead atoms. The van der Waals surface area contributed by atoms with E-state index < -0.39 is 5.97 Å². The first-order chi connectivity index (χ1) is 17.8. The van der Waals surface area contributed by atoms with Gasteiger partial charge in [0.25, 0.3) is 0 Å². The van der Waals surface area contributed by atoms with Gasteiger partial charge >= 0.3 is 5.97 Å². The van der Waals surface area contributed by atoms with Crippen LogP contribution in [0, 0.1) is 13.8 Å². The van der Waals surface area contributed by atoms with E-state index in [1.165, 1.54) is 11.1 Å². The molecule has 37 heavy (non-hydrogen) atoms. The highest BCUT2D eigenvalue weighted by atomic mass is 16.5. The molecule has 0 saturated heterocycles. The Hall–Kier alpha value is -3.79. The molecule has 1 aliphatic rings. The van der Waals surface area contributed by atoms with Crippen LogP contribution in [0.15, 0.2) is 84.1 Å². The van der Waals surface area contributed by atoms with Crippen molar-refractivity contribution in [1.29, 1.82) is 0 Å². The molecule has 4 heteroatoms. The highest BCUT2D eigenvalue weighted by molar-refractivity contribution is 6.56. The summed E-state index contributed by atoms with van der Waals surface area (Å²) in [7, 11) is 2.02. The molecule has 3 nitrogen and oxygen atoms in total. The minimum atomic E-state index is -0.925. The molecule has 0 spiro atoms. The van der Waals surface area contributed by atoms with E-state index in [9.17, 15) is 9.90 Å². The number of aromatic carboxylic acids is 1. The Morgan fingerprint density at radius 2 is 1.70 bits per heavy atom. The van der Waals surface area contributed by atoms with Crippen molar-refractivity contribution >= 4 is 29.9 Å². The van der Waals surface area contributed by atoms with Crippen LogP contribution in [0.3, 0.4) is 0 Å². The van der Waals surface area contributed by atoms with E-state index >= 15 is 0 Å². The predicted molar refractivity (Wildman–Crippen MR) is 155 cm³/mol. The monoisotopic (exact) mass is 489 g/mol. The van der Waals surface area contributed by atoms with Gasteiger partial charge in [-0.3, -0.25) is 0 Å². The van der Waals surface area contributed by atoms with Gasteiger partial charge in [-0.2, -0.15) is 0 Å². The summed E-state index contributed by atoms with van der Waals surface area (Å²) < 4.78 is 6.84. The van der Waals surface area contributed by atoms with Crippen LogP contribution in [0.5, 0.6) is 5.75 Å². The number of hydrogen-bond acceptors (Lipinski definition) is 2. The molecule has 0 saturated carbocycles. The van der Waals surface area contributed by atoms with Gasteiger partial charge in [0, 0.05) is 11.1 Å². The summed E-state index contributed by atoms with van der Waals surface area (Å²) in [6.45, 7) is 12.7. The highest BCUT2D eigenvalue weighted by Crippen LogP contribution is 2.46. The van der Waals surface area contributed by atoms with Crippen LogP contribution in [0.2, 0.25) is 0 Å². The van der Waals surface area contributed by atoms with Gasteiger partial charge in [-0.1, -0.05) is 80.0 Å². The summed E-state index contributed by atoms with van der Waals surface area (Å²) >= 11 is 0. The lowest BCUT2D eigenvalue weighted by Crippen LogP contribution is -2.27. The van der Waals surface area contributed by atoms with E-state index in [2.05, 4.69) is 90.1 Å². The Morgan fingerprint density at radius 3 is 2.35 bits per heavy atom. The van der Waals surface area contributed by atoms with Gasteiger partial charge in [-0.15, -0.1) is 0 Å². The Kier molecular flexibility index (Phi) is 7.87. The number of allylic oxidation sites excluding steroid dienone is 5. The predicted octanol–water partition coefficient (Wildman–Crippen LogP) is 7.66. The number of rotatable bonds is 7. The van der Waals surface area contributed by atoms with E-state index in [0.717, 1.165) is 51.3 Å². The Labute approximate surface area is 221 Å². The summed E-state index contributed by atoms with van der Waals surface area (Å²) in [5, 5.41) is 9.70. The third kappa shape index (κ3) is 5.20. The van der Waals surface area contributed by atoms with Crippen LogP contribution in [0.25, 0.3) is 11.1 Å². The van der Waals surface area contributed by atoms with E-state index in [1.807, 2.05) is 19.4 Å². The molecule has 0 amide bonds. The first-order valence-corrected chi connectivity index (χ1v) is 12.9. The first kappa shape index (κ1) is 26.3. The van der Waals surface area contributed by atoms with Crippen molar-refractivity contribution < 1.29 is 14.6 Å². The maximum Gasteiger partial charge on any atom is 0.335 e. The average molecular weight is 489 g/mol. The topological polar surface area (TPSA) is 46.5 Å². The summed E-state index contributed by atoms with van der Waals surface area (Å²) in [6.07, 6.45) is 5.31. The zero-order chi connectivity index (χ0) is 26.7. The first-order valence-electron chi connectivity index (χ1n) is 12.9. The molecule has 0 aliphatic carbocycles. The third-order valence-corrected chi connectivity index (χ3v) is 6.99. The van der Waals surface area contributed by atoms with Crippen LogP contribution in [-0.2, 0) is 0 Å². The van der Waals surface area contributed by atoms with Gasteiger partial charge in [-0.25, -0.2) is 4.79 Å². The van der Waals surface area contributed by atoms with Crippen LogP contribution >= 0.6 is 0 Å². The van der Waals surface area contributed by atoms with Crippen LogP contribution in [0.4, 0.5) is 0 Å². The minimum absolute atomic E-state index is 0.0656. The molecule has 1 radical (unpaired) electrons. The second-order valence-corrected chi connectivity index (χ2v) is 9.68. The number of benzene rings is 3. The maximum atomic E-state index is 11.8. The van der Waals surface area contributed by atoms with Crippen molar-refractivity contribution in [1.82, 2.24) is 0 Å². The number of aryl methyl sites for hydroxylation is 2. The molecule has 187 valence electrons. The van der Waals surface area contributed by atoms with Crippen molar-refractivity contribution in [2.45, 2.75) is 53.8 Å². The van der Waals surface area contributed by atoms with Gasteiger partial charge in [0.1, 0.15) is 11.5 Å². The van der Waals surface area contributed by atoms with Gasteiger partial charge in [-0.05, 0) is 85.5 Å². The zero-order valence-electron chi connectivity index (χ0n) is 22.6. The Balaban J connectivity index is 1.86. The average Bonchev–Trinajstić information content (AvgIpc) is 2.87. The minimum Gasteiger partial charge on any atom is -0.478 e. The second-order valence-electron chi connectivity index (χ2n) is 9.68. The summed E-state index contributed by atoms with van der Waals surface area (Å²) in [5.41, 5.74) is 10.0. The van der Waals surface area contributed by atoms with E-state index in [4.69, 9.17) is 4.74 Å². The zero-order valence-corrected chi connectivity index (χ0v) is 22.6. The molecular weight excluding hydrogens is 455 g/mol. The number of carbonyl (C=O) groups is 1. The number of carboxylic acid groups (broad SMARTS) is 1. The molecule has 3 aromatic rings. The lowest BCUT2D eigenvalue weighted by atomic mass is 9.56. The molecule has 3 aromatic carbocycles. The van der Waals surface area contributed by atoms with E-state index in [0.29, 0.717) is 11.0 Å². The van der Waals surface area contributed by atoms with Crippen molar-refractivity contribution in [2.24, 2.45) is 0 Å². The van der Waals surface area contributed by atoms with Crippen molar-refractivity contribution in [3.05, 3.63) is 118 Å². The van der Waals surface area contributed by atoms with Crippen LogP contribution in [0.1, 0.15) is 78.1 Å². The molecule has 1 aliphatic heterocycles. The quantitative estimate of drug-likeness (QED) is 0.347. The summed E-state index contributed by atoms with van der Waals surface area (Å²) in [4.78, 5) is 11.8. The Morgan fingerprint density at radius 1 is 1.03 bits per heavy atom. The normalized spacial score (nSPS) is 15.3. The molecule has 1 unspecified atom stereocenters. The summed E-state index contributed by atoms with van der Waals surface area (Å²) in [5.74, 6) is 0.721. The molecule has 1 atom stereocenters. The molecule has 0 fully saturated rings. The fraction of sp³-hybridized carbons (Fsp3) is 0.242. The van der Waals surface area contributed by atoms with Gasteiger partial charge in [0.15, 0.2) is 7.28 Å². The van der Waals surface area contributed by atoms with E-state index in [-0.39, 0.29) is 5.82 Å². The van der Waals surface area contributed by atoms with Crippen molar-refractivity contribution in [2.75, 3.05) is 0 Å². The molecule has 0 aromatic heterocycles. The second kappa shape index (κ2) is 11.1. The van der Waals surface area contributed by atoms with E-state index in [1.54, 1.807) is 12.1 Å². The number of carboxylic acids is 1. The molecule has 1 N–H and O–H groups in total. The largest absolute Gasteiger partial charge is 0.478 e. The smallest absolute Gasteiger partial charge is 0.335 e. The third-order valence-electron chi connectivity index (χ3n) is 6.99. The fourth-order valence-corrected chi connectivity index (χ4v) is 5.16. The van der Waals surface area contributed by atoms with Crippen LogP contribution in [-0.4, -0.2) is 18.4 Å². The Bertz CT molecular complexity index is 1440. The highest BCUT2D eigenvalue weighted by Gasteiger charge is 2.29. The maximum absolute atomic E-state index is 11.8. The SMILES string of the molecule is C/C=C(C1=C(C)/C(=C/CC)c2cc(C)cc(C(C)[B]c3ccccc3C(=O)O)c2O1)\c1ccccc1C. The van der Waals surface area contributed by atoms with Gasteiger partial charge in [0.2, 0.25) is 0 Å². The lowest BCUT2D eigenvalue weighted by Gasteiger charge is -2.30.